The molecule has 2 aromatic rings. The summed E-state index contributed by atoms with van der Waals surface area (Å²) in [5.41, 5.74) is 2.64. The molecule has 19 heavy (non-hydrogen) atoms. The van der Waals surface area contributed by atoms with Crippen molar-refractivity contribution in [2.45, 2.75) is 11.8 Å². The summed E-state index contributed by atoms with van der Waals surface area (Å²) in [4.78, 5) is 12.5. The van der Waals surface area contributed by atoms with Gasteiger partial charge in [-0.1, -0.05) is 23.8 Å². The van der Waals surface area contributed by atoms with Gasteiger partial charge in [-0.15, -0.1) is 0 Å². The van der Waals surface area contributed by atoms with E-state index in [9.17, 15) is 4.79 Å². The number of anilines is 1. The highest BCUT2D eigenvalue weighted by Gasteiger charge is 2.05. The number of benzene rings is 2. The number of hydrogen-bond donors (Lipinski definition) is 1. The maximum absolute atomic E-state index is 11.4. The molecule has 0 unspecified atom stereocenters. The standard InChI is InChI=1S/C15H15NO2S/c1-11-6-8-14(9-7-11)19-16-13-5-3-4-12(10-13)15(17)18-2/h3-10,16H,1-2H3. The van der Waals surface area contributed by atoms with Crippen LogP contribution >= 0.6 is 11.9 Å². The highest BCUT2D eigenvalue weighted by molar-refractivity contribution is 8.00. The van der Waals surface area contributed by atoms with E-state index in [4.69, 9.17) is 4.74 Å². The number of methoxy groups -OCH3 is 1. The van der Waals surface area contributed by atoms with Crippen molar-refractivity contribution in [3.05, 3.63) is 59.7 Å². The van der Waals surface area contributed by atoms with Crippen molar-refractivity contribution in [3.63, 3.8) is 0 Å². The van der Waals surface area contributed by atoms with Gasteiger partial charge in [0.1, 0.15) is 0 Å². The zero-order valence-electron chi connectivity index (χ0n) is 10.8. The van der Waals surface area contributed by atoms with E-state index in [1.807, 2.05) is 12.1 Å². The fourth-order valence-corrected chi connectivity index (χ4v) is 2.19. The van der Waals surface area contributed by atoms with Gasteiger partial charge in [-0.05, 0) is 49.2 Å². The van der Waals surface area contributed by atoms with E-state index in [1.54, 1.807) is 12.1 Å². The molecule has 0 spiro atoms. The van der Waals surface area contributed by atoms with Crippen molar-refractivity contribution < 1.29 is 9.53 Å². The minimum atomic E-state index is -0.330. The Hall–Kier alpha value is -1.94. The Morgan fingerprint density at radius 3 is 2.58 bits per heavy atom. The van der Waals surface area contributed by atoms with Gasteiger partial charge in [0.2, 0.25) is 0 Å². The van der Waals surface area contributed by atoms with E-state index in [0.717, 1.165) is 10.6 Å². The van der Waals surface area contributed by atoms with E-state index in [2.05, 4.69) is 35.9 Å². The molecule has 3 nitrogen and oxygen atoms in total. The largest absolute Gasteiger partial charge is 0.465 e. The molecule has 0 aromatic heterocycles. The lowest BCUT2D eigenvalue weighted by Crippen LogP contribution is -2.01. The van der Waals surface area contributed by atoms with E-state index < -0.39 is 0 Å². The van der Waals surface area contributed by atoms with Crippen LogP contribution in [-0.4, -0.2) is 13.1 Å². The first-order valence-corrected chi connectivity index (χ1v) is 6.68. The molecule has 0 aliphatic rings. The summed E-state index contributed by atoms with van der Waals surface area (Å²) in [6.45, 7) is 2.06. The number of aryl methyl sites for hydroxylation is 1. The van der Waals surface area contributed by atoms with Crippen LogP contribution in [-0.2, 0) is 4.74 Å². The number of nitrogens with one attached hydrogen (secondary N) is 1. The Bertz CT molecular complexity index is 567. The third kappa shape index (κ3) is 3.76. The van der Waals surface area contributed by atoms with Gasteiger partial charge in [0, 0.05) is 10.6 Å². The molecular formula is C15H15NO2S. The molecule has 0 radical (unpaired) electrons. The van der Waals surface area contributed by atoms with Gasteiger partial charge in [0.15, 0.2) is 0 Å². The number of carbonyl (C=O) groups excluding carboxylic acids is 1. The van der Waals surface area contributed by atoms with Crippen molar-refractivity contribution in [2.24, 2.45) is 0 Å². The number of esters is 1. The van der Waals surface area contributed by atoms with E-state index in [1.165, 1.54) is 24.6 Å². The van der Waals surface area contributed by atoms with E-state index >= 15 is 0 Å². The monoisotopic (exact) mass is 273 g/mol. The summed E-state index contributed by atoms with van der Waals surface area (Å²) in [6, 6.07) is 15.5. The van der Waals surface area contributed by atoms with Crippen molar-refractivity contribution >= 4 is 23.6 Å². The smallest absolute Gasteiger partial charge is 0.337 e. The molecule has 0 heterocycles. The van der Waals surface area contributed by atoms with Gasteiger partial charge in [-0.25, -0.2) is 4.79 Å². The molecular weight excluding hydrogens is 258 g/mol. The Balaban J connectivity index is 2.03. The number of rotatable bonds is 4. The lowest BCUT2D eigenvalue weighted by atomic mass is 10.2. The second kappa shape index (κ2) is 6.29. The van der Waals surface area contributed by atoms with Gasteiger partial charge in [-0.2, -0.15) is 0 Å². The minimum Gasteiger partial charge on any atom is -0.465 e. The van der Waals surface area contributed by atoms with Crippen LogP contribution in [0.25, 0.3) is 0 Å². The maximum atomic E-state index is 11.4. The average Bonchev–Trinajstić information content (AvgIpc) is 2.46. The van der Waals surface area contributed by atoms with Crippen LogP contribution < -0.4 is 4.72 Å². The molecule has 98 valence electrons. The molecule has 0 bridgehead atoms. The molecule has 0 amide bonds. The molecule has 4 heteroatoms. The molecule has 0 saturated heterocycles. The topological polar surface area (TPSA) is 38.3 Å². The molecule has 0 aliphatic carbocycles. The Morgan fingerprint density at radius 1 is 1.16 bits per heavy atom. The lowest BCUT2D eigenvalue weighted by Gasteiger charge is -2.07. The van der Waals surface area contributed by atoms with E-state index in [0.29, 0.717) is 5.56 Å². The molecule has 2 rings (SSSR count). The van der Waals surface area contributed by atoms with E-state index in [-0.39, 0.29) is 5.97 Å². The van der Waals surface area contributed by atoms with Gasteiger partial charge in [-0.3, -0.25) is 0 Å². The number of hydrogen-bond acceptors (Lipinski definition) is 4. The van der Waals surface area contributed by atoms with Gasteiger partial charge < -0.3 is 9.46 Å². The van der Waals surface area contributed by atoms with Gasteiger partial charge in [0.05, 0.1) is 12.7 Å². The Morgan fingerprint density at radius 2 is 1.89 bits per heavy atom. The molecule has 0 atom stereocenters. The predicted octanol–water partition coefficient (Wildman–Crippen LogP) is 3.90. The first-order valence-electron chi connectivity index (χ1n) is 5.87. The average molecular weight is 273 g/mol. The summed E-state index contributed by atoms with van der Waals surface area (Å²) in [6.07, 6.45) is 0. The van der Waals surface area contributed by atoms with Crippen LogP contribution in [0.5, 0.6) is 0 Å². The Labute approximate surface area is 117 Å². The minimum absolute atomic E-state index is 0.330. The quantitative estimate of drug-likeness (QED) is 0.677. The Kier molecular flexibility index (Phi) is 4.47. The van der Waals surface area contributed by atoms with Crippen LogP contribution in [0.15, 0.2) is 53.4 Å². The number of carbonyl (C=O) groups is 1. The summed E-state index contributed by atoms with van der Waals surface area (Å²) in [7, 11) is 1.38. The lowest BCUT2D eigenvalue weighted by molar-refractivity contribution is 0.0601. The van der Waals surface area contributed by atoms with Crippen LogP contribution in [0, 0.1) is 6.92 Å². The second-order valence-electron chi connectivity index (χ2n) is 4.09. The first-order chi connectivity index (χ1) is 9.19. The summed E-state index contributed by atoms with van der Waals surface area (Å²) < 4.78 is 7.90. The highest BCUT2D eigenvalue weighted by atomic mass is 32.2. The zero-order chi connectivity index (χ0) is 13.7. The zero-order valence-corrected chi connectivity index (χ0v) is 11.7. The highest BCUT2D eigenvalue weighted by Crippen LogP contribution is 2.22. The van der Waals surface area contributed by atoms with Crippen molar-refractivity contribution in [2.75, 3.05) is 11.8 Å². The van der Waals surface area contributed by atoms with Crippen molar-refractivity contribution in [1.82, 2.24) is 0 Å². The van der Waals surface area contributed by atoms with Gasteiger partial charge in [0.25, 0.3) is 0 Å². The third-order valence-corrected chi connectivity index (χ3v) is 3.44. The maximum Gasteiger partial charge on any atom is 0.337 e. The summed E-state index contributed by atoms with van der Waals surface area (Å²) >= 11 is 1.51. The SMILES string of the molecule is COC(=O)c1cccc(NSc2ccc(C)cc2)c1. The van der Waals surface area contributed by atoms with Crippen LogP contribution in [0.1, 0.15) is 15.9 Å². The third-order valence-electron chi connectivity index (χ3n) is 2.59. The summed E-state index contributed by atoms with van der Waals surface area (Å²) in [5.74, 6) is -0.330. The molecule has 1 N–H and O–H groups in total. The summed E-state index contributed by atoms with van der Waals surface area (Å²) in [5, 5.41) is 0. The number of ether oxygens (including phenoxy) is 1. The predicted molar refractivity (Wildman–Crippen MR) is 78.4 cm³/mol. The van der Waals surface area contributed by atoms with Crippen molar-refractivity contribution in [1.29, 1.82) is 0 Å². The van der Waals surface area contributed by atoms with Crippen LogP contribution in [0.4, 0.5) is 5.69 Å². The fraction of sp³-hybridized carbons (Fsp3) is 0.133. The van der Waals surface area contributed by atoms with Crippen molar-refractivity contribution in [3.8, 4) is 0 Å². The van der Waals surface area contributed by atoms with Gasteiger partial charge >= 0.3 is 5.97 Å². The normalized spacial score (nSPS) is 10.0. The second-order valence-corrected chi connectivity index (χ2v) is 4.97. The molecule has 2 aromatic carbocycles. The molecule has 0 saturated carbocycles. The molecule has 0 fully saturated rings. The fourth-order valence-electron chi connectivity index (χ4n) is 1.55. The first kappa shape index (κ1) is 13.5. The van der Waals surface area contributed by atoms with Crippen LogP contribution in [0.2, 0.25) is 0 Å². The molecule has 0 aliphatic heterocycles. The van der Waals surface area contributed by atoms with Crippen LogP contribution in [0.3, 0.4) is 0 Å².